The molecule has 0 amide bonds. The predicted molar refractivity (Wildman–Crippen MR) is 48.5 cm³/mol. The highest BCUT2D eigenvalue weighted by atomic mass is 35.5. The van der Waals surface area contributed by atoms with Crippen molar-refractivity contribution < 1.29 is 9.05 Å². The molecule has 0 aromatic heterocycles. The number of halogens is 1. The largest absolute Gasteiger partial charge is 0.326 e. The minimum Gasteiger partial charge on any atom is -0.326 e. The minimum atomic E-state index is -0.776. The lowest BCUT2D eigenvalue weighted by Gasteiger charge is -2.11. The Morgan fingerprint density at radius 1 is 1.30 bits per heavy atom. The van der Waals surface area contributed by atoms with E-state index >= 15 is 0 Å². The first-order chi connectivity index (χ1) is 4.85. The van der Waals surface area contributed by atoms with Crippen LogP contribution in [-0.4, -0.2) is 18.4 Å². The summed E-state index contributed by atoms with van der Waals surface area (Å²) in [6.45, 7) is 5.28. The smallest absolute Gasteiger partial charge is 0.239 e. The molecule has 0 aliphatic rings. The Morgan fingerprint density at radius 2 is 1.80 bits per heavy atom. The second kappa shape index (κ2) is 8.09. The summed E-state index contributed by atoms with van der Waals surface area (Å²) in [6.07, 6.45) is 0. The summed E-state index contributed by atoms with van der Waals surface area (Å²) in [7, 11) is -0.776. The molecule has 0 spiro atoms. The van der Waals surface area contributed by atoms with Gasteiger partial charge >= 0.3 is 0 Å². The SMILES string of the molecule is CCOP(OCC)SCCl. The zero-order valence-corrected chi connectivity index (χ0v) is 8.64. The van der Waals surface area contributed by atoms with Gasteiger partial charge in [0.25, 0.3) is 0 Å². The van der Waals surface area contributed by atoms with Gasteiger partial charge in [0.05, 0.1) is 18.4 Å². The van der Waals surface area contributed by atoms with E-state index in [-0.39, 0.29) is 0 Å². The Balaban J connectivity index is 3.30. The van der Waals surface area contributed by atoms with E-state index in [1.165, 1.54) is 11.4 Å². The van der Waals surface area contributed by atoms with Gasteiger partial charge in [0.2, 0.25) is 7.58 Å². The summed E-state index contributed by atoms with van der Waals surface area (Å²) in [5, 5.41) is 0.533. The molecule has 0 N–H and O–H groups in total. The second-order valence-electron chi connectivity index (χ2n) is 1.30. The van der Waals surface area contributed by atoms with Crippen LogP contribution in [0.4, 0.5) is 0 Å². The van der Waals surface area contributed by atoms with E-state index in [0.29, 0.717) is 18.4 Å². The van der Waals surface area contributed by atoms with Crippen LogP contribution in [0.2, 0.25) is 0 Å². The van der Waals surface area contributed by atoms with Crippen molar-refractivity contribution in [1.29, 1.82) is 0 Å². The van der Waals surface area contributed by atoms with Gasteiger partial charge in [0.15, 0.2) is 0 Å². The lowest BCUT2D eigenvalue weighted by atomic mass is 10.9. The molecule has 0 saturated heterocycles. The molecule has 62 valence electrons. The first kappa shape index (κ1) is 11.0. The highest BCUT2D eigenvalue weighted by Crippen LogP contribution is 2.51. The summed E-state index contributed by atoms with van der Waals surface area (Å²) in [6, 6.07) is 0. The fourth-order valence-electron chi connectivity index (χ4n) is 0.362. The highest BCUT2D eigenvalue weighted by Gasteiger charge is 2.07. The summed E-state index contributed by atoms with van der Waals surface area (Å²) < 4.78 is 10.5. The number of rotatable bonds is 6. The molecule has 0 aliphatic heterocycles. The molecule has 2 nitrogen and oxygen atoms in total. The van der Waals surface area contributed by atoms with Crippen LogP contribution in [0, 0.1) is 0 Å². The second-order valence-corrected chi connectivity index (χ2v) is 5.06. The van der Waals surface area contributed by atoms with Crippen LogP contribution in [0.5, 0.6) is 0 Å². The third-order valence-electron chi connectivity index (χ3n) is 0.623. The highest BCUT2D eigenvalue weighted by molar-refractivity contribution is 8.53. The van der Waals surface area contributed by atoms with Gasteiger partial charge in [-0.3, -0.25) is 0 Å². The van der Waals surface area contributed by atoms with E-state index < -0.39 is 7.58 Å². The van der Waals surface area contributed by atoms with Crippen molar-refractivity contribution in [2.24, 2.45) is 0 Å². The van der Waals surface area contributed by atoms with Crippen molar-refractivity contribution in [3.8, 4) is 0 Å². The molecule has 0 bridgehead atoms. The van der Waals surface area contributed by atoms with Crippen molar-refractivity contribution in [3.63, 3.8) is 0 Å². The number of hydrogen-bond acceptors (Lipinski definition) is 3. The third-order valence-corrected chi connectivity index (χ3v) is 4.31. The standard InChI is InChI=1S/C5H12ClO2PS/c1-3-7-9(8-4-2)10-5-6/h3-5H2,1-2H3. The fourth-order valence-corrected chi connectivity index (χ4v) is 3.12. The molecule has 0 rings (SSSR count). The summed E-state index contributed by atoms with van der Waals surface area (Å²) >= 11 is 7.00. The Morgan fingerprint density at radius 3 is 2.10 bits per heavy atom. The zero-order valence-electron chi connectivity index (χ0n) is 6.17. The maximum Gasteiger partial charge on any atom is 0.239 e. The topological polar surface area (TPSA) is 18.5 Å². The normalized spacial score (nSPS) is 10.8. The molecule has 0 aliphatic carbocycles. The van der Waals surface area contributed by atoms with E-state index in [2.05, 4.69) is 0 Å². The molecule has 0 fully saturated rings. The van der Waals surface area contributed by atoms with E-state index in [9.17, 15) is 0 Å². The molecule has 0 unspecified atom stereocenters. The molecule has 0 heterocycles. The molecule has 0 radical (unpaired) electrons. The molecule has 0 aromatic rings. The van der Waals surface area contributed by atoms with E-state index in [1.807, 2.05) is 13.8 Å². The number of alkyl halides is 1. The van der Waals surface area contributed by atoms with Crippen molar-refractivity contribution >= 4 is 30.6 Å². The monoisotopic (exact) mass is 202 g/mol. The Labute approximate surface area is 72.3 Å². The van der Waals surface area contributed by atoms with Crippen molar-refractivity contribution in [3.05, 3.63) is 0 Å². The van der Waals surface area contributed by atoms with Gasteiger partial charge in [-0.15, -0.1) is 11.6 Å². The van der Waals surface area contributed by atoms with Crippen LogP contribution in [0.15, 0.2) is 0 Å². The first-order valence-corrected chi connectivity index (χ1v) is 6.40. The molecule has 5 heteroatoms. The van der Waals surface area contributed by atoms with Crippen LogP contribution < -0.4 is 0 Å². The zero-order chi connectivity index (χ0) is 7.82. The molecule has 0 atom stereocenters. The summed E-state index contributed by atoms with van der Waals surface area (Å²) in [5.74, 6) is 0. The van der Waals surface area contributed by atoms with Crippen LogP contribution >= 0.6 is 30.6 Å². The maximum atomic E-state index is 5.49. The quantitative estimate of drug-likeness (QED) is 0.487. The van der Waals surface area contributed by atoms with Crippen LogP contribution in [0.1, 0.15) is 13.8 Å². The lowest BCUT2D eigenvalue weighted by molar-refractivity contribution is 0.283. The van der Waals surface area contributed by atoms with E-state index in [0.717, 1.165) is 0 Å². The molecular formula is C5H12ClO2PS. The Bertz CT molecular complexity index is 62.4. The summed E-state index contributed by atoms with van der Waals surface area (Å²) in [5.41, 5.74) is 0. The maximum absolute atomic E-state index is 5.49. The van der Waals surface area contributed by atoms with Gasteiger partial charge in [0.1, 0.15) is 0 Å². The average Bonchev–Trinajstić information content (AvgIpc) is 1.90. The Kier molecular flexibility index (Phi) is 8.89. The van der Waals surface area contributed by atoms with Crippen LogP contribution in [0.3, 0.4) is 0 Å². The van der Waals surface area contributed by atoms with Crippen LogP contribution in [-0.2, 0) is 9.05 Å². The van der Waals surface area contributed by atoms with Gasteiger partial charge in [-0.05, 0) is 13.8 Å². The van der Waals surface area contributed by atoms with Gasteiger partial charge in [-0.2, -0.15) is 0 Å². The lowest BCUT2D eigenvalue weighted by Crippen LogP contribution is -1.86. The van der Waals surface area contributed by atoms with Crippen molar-refractivity contribution in [1.82, 2.24) is 0 Å². The van der Waals surface area contributed by atoms with Crippen molar-refractivity contribution in [2.45, 2.75) is 13.8 Å². The molecule has 10 heavy (non-hydrogen) atoms. The average molecular weight is 203 g/mol. The summed E-state index contributed by atoms with van der Waals surface area (Å²) in [4.78, 5) is 0. The number of hydrogen-bond donors (Lipinski definition) is 0. The van der Waals surface area contributed by atoms with Gasteiger partial charge < -0.3 is 9.05 Å². The predicted octanol–water partition coefficient (Wildman–Crippen LogP) is 3.22. The van der Waals surface area contributed by atoms with Crippen LogP contribution in [0.25, 0.3) is 0 Å². The van der Waals surface area contributed by atoms with Gasteiger partial charge in [-0.1, -0.05) is 11.4 Å². The molecule has 0 saturated carbocycles. The third kappa shape index (κ3) is 5.75. The minimum absolute atomic E-state index is 0.533. The Hall–Kier alpha value is 0.990. The molecular weight excluding hydrogens is 191 g/mol. The van der Waals surface area contributed by atoms with Gasteiger partial charge in [-0.25, -0.2) is 0 Å². The fraction of sp³-hybridized carbons (Fsp3) is 1.00. The first-order valence-electron chi connectivity index (χ1n) is 3.10. The molecule has 0 aromatic carbocycles. The van der Waals surface area contributed by atoms with E-state index in [4.69, 9.17) is 20.6 Å². The van der Waals surface area contributed by atoms with E-state index in [1.54, 1.807) is 0 Å². The van der Waals surface area contributed by atoms with Gasteiger partial charge in [0, 0.05) is 0 Å². The van der Waals surface area contributed by atoms with Crippen molar-refractivity contribution in [2.75, 3.05) is 18.4 Å².